The second kappa shape index (κ2) is 10.8. The van der Waals surface area contributed by atoms with Crippen LogP contribution >= 0.6 is 0 Å². The third-order valence-corrected chi connectivity index (χ3v) is 9.10. The van der Waals surface area contributed by atoms with Crippen LogP contribution in [0.25, 0.3) is 10.9 Å². The number of hydrogen-bond acceptors (Lipinski definition) is 8. The molecule has 0 spiro atoms. The number of nitrogens with one attached hydrogen (secondary N) is 1. The van der Waals surface area contributed by atoms with E-state index in [1.54, 1.807) is 54.6 Å². The number of aromatic nitrogens is 2. The molecule has 4 aromatic rings. The number of nitrogens with zero attached hydrogens (tertiary/aromatic N) is 3. The Bertz CT molecular complexity index is 1430. The highest BCUT2D eigenvalue weighted by molar-refractivity contribution is 7.91. The fourth-order valence-corrected chi connectivity index (χ4v) is 6.42. The van der Waals surface area contributed by atoms with E-state index in [0.717, 1.165) is 47.8 Å². The van der Waals surface area contributed by atoms with Gasteiger partial charge in [-0.25, -0.2) is 18.4 Å². The summed E-state index contributed by atoms with van der Waals surface area (Å²) in [6.45, 7) is 3.03. The van der Waals surface area contributed by atoms with Crippen LogP contribution in [0.3, 0.4) is 0 Å². The largest absolute Gasteiger partial charge is 0.616 e. The third-order valence-electron chi connectivity index (χ3n) is 6.04. The van der Waals surface area contributed by atoms with Crippen molar-refractivity contribution in [2.24, 2.45) is 0 Å². The van der Waals surface area contributed by atoms with Gasteiger partial charge in [0.2, 0.25) is 9.84 Å². The molecule has 0 bridgehead atoms. The first-order chi connectivity index (χ1) is 17.5. The van der Waals surface area contributed by atoms with E-state index in [1.165, 1.54) is 6.33 Å². The maximum atomic E-state index is 12.8. The second-order valence-corrected chi connectivity index (χ2v) is 12.1. The van der Waals surface area contributed by atoms with Gasteiger partial charge in [-0.05, 0) is 48.5 Å². The molecule has 1 aliphatic heterocycles. The molecule has 36 heavy (non-hydrogen) atoms. The van der Waals surface area contributed by atoms with E-state index in [2.05, 4.69) is 20.2 Å². The van der Waals surface area contributed by atoms with Gasteiger partial charge in [0.1, 0.15) is 36.0 Å². The van der Waals surface area contributed by atoms with Crippen molar-refractivity contribution in [3.63, 3.8) is 0 Å². The van der Waals surface area contributed by atoms with Crippen LogP contribution < -0.4 is 10.1 Å². The van der Waals surface area contributed by atoms with Crippen molar-refractivity contribution in [3.05, 3.63) is 79.1 Å². The topological polar surface area (TPSA) is 107 Å². The molecule has 0 radical (unpaired) electrons. The van der Waals surface area contributed by atoms with Crippen molar-refractivity contribution < 1.29 is 17.7 Å². The lowest BCUT2D eigenvalue weighted by atomic mass is 10.2. The lowest BCUT2D eigenvalue weighted by Crippen LogP contribution is -2.42. The third kappa shape index (κ3) is 5.62. The van der Waals surface area contributed by atoms with Crippen molar-refractivity contribution in [2.45, 2.75) is 9.79 Å². The van der Waals surface area contributed by atoms with E-state index in [-0.39, 0.29) is 9.79 Å². The van der Waals surface area contributed by atoms with E-state index in [1.807, 2.05) is 18.2 Å². The molecule has 0 atom stereocenters. The highest BCUT2D eigenvalue weighted by Crippen LogP contribution is 2.28. The van der Waals surface area contributed by atoms with Gasteiger partial charge in [-0.1, -0.05) is 29.4 Å². The molecule has 0 aliphatic carbocycles. The predicted octanol–water partition coefficient (Wildman–Crippen LogP) is 3.65. The summed E-state index contributed by atoms with van der Waals surface area (Å²) in [6.07, 6.45) is 1.48. The summed E-state index contributed by atoms with van der Waals surface area (Å²) in [5, 5.41) is 4.08. The zero-order valence-corrected chi connectivity index (χ0v) is 21.2. The molecule has 2 heterocycles. The monoisotopic (exact) mass is 522 g/mol. The molecule has 1 aliphatic rings. The molecule has 8 nitrogen and oxygen atoms in total. The summed E-state index contributed by atoms with van der Waals surface area (Å²) in [6, 6.07) is 20.7. The Labute approximate surface area is 213 Å². The van der Waals surface area contributed by atoms with Gasteiger partial charge in [0.25, 0.3) is 0 Å². The smallest absolute Gasteiger partial charge is 0.206 e. The highest BCUT2D eigenvalue weighted by atomic mass is 32.2. The Morgan fingerprint density at radius 2 is 1.67 bits per heavy atom. The Balaban J connectivity index is 1.25. The first kappa shape index (κ1) is 24.5. The fraction of sp³-hybridized carbons (Fsp3) is 0.231. The maximum absolute atomic E-state index is 12.8. The van der Waals surface area contributed by atoms with Crippen LogP contribution in [-0.2, 0) is 21.0 Å². The number of rotatable bonds is 8. The van der Waals surface area contributed by atoms with Crippen LogP contribution in [0, 0.1) is 0 Å². The van der Waals surface area contributed by atoms with E-state index in [0.29, 0.717) is 18.1 Å². The van der Waals surface area contributed by atoms with Gasteiger partial charge in [0.05, 0.1) is 15.3 Å². The van der Waals surface area contributed by atoms with E-state index >= 15 is 0 Å². The minimum atomic E-state index is -3.57. The number of ether oxygens (including phenoxy) is 1. The molecule has 1 fully saturated rings. The number of benzene rings is 3. The normalized spacial score (nSPS) is 15.1. The first-order valence-electron chi connectivity index (χ1n) is 11.6. The van der Waals surface area contributed by atoms with Crippen molar-refractivity contribution in [2.75, 3.05) is 43.1 Å². The van der Waals surface area contributed by atoms with Crippen LogP contribution in [0.2, 0.25) is 0 Å². The molecule has 5 rings (SSSR count). The van der Waals surface area contributed by atoms with Crippen molar-refractivity contribution in [1.82, 2.24) is 14.9 Å². The Morgan fingerprint density at radius 1 is 0.944 bits per heavy atom. The molecule has 3 aromatic carbocycles. The Hall–Kier alpha value is -3.18. The predicted molar refractivity (Wildman–Crippen MR) is 141 cm³/mol. The quantitative estimate of drug-likeness (QED) is 0.350. The van der Waals surface area contributed by atoms with Crippen molar-refractivity contribution >= 4 is 43.4 Å². The molecule has 0 unspecified atom stereocenters. The van der Waals surface area contributed by atoms with Gasteiger partial charge >= 0.3 is 0 Å². The lowest BCUT2D eigenvalue weighted by molar-refractivity contribution is 0.220. The molecule has 0 saturated carbocycles. The standard InChI is InChI=1S/C26H26N4O4S2/c31-35-16-13-30(14-17-35)12-15-34-21-8-11-24-25(18-21)27-19-28-26(24)29-20-6-9-23(10-7-20)36(32,33)22-4-2-1-3-5-22/h1-11,18-19H,12-17H2,(H,27,28,29). The first-order valence-corrected chi connectivity index (χ1v) is 14.6. The number of sulfone groups is 1. The number of fused-ring (bicyclic) bond motifs is 1. The van der Waals surface area contributed by atoms with Crippen molar-refractivity contribution in [3.8, 4) is 5.75 Å². The lowest BCUT2D eigenvalue weighted by Gasteiger charge is -2.27. The molecule has 1 aromatic heterocycles. The van der Waals surface area contributed by atoms with E-state index in [4.69, 9.17) is 4.74 Å². The van der Waals surface area contributed by atoms with Gasteiger partial charge in [-0.15, -0.1) is 0 Å². The van der Waals surface area contributed by atoms with Crippen molar-refractivity contribution in [1.29, 1.82) is 0 Å². The summed E-state index contributed by atoms with van der Waals surface area (Å²) in [4.78, 5) is 11.5. The minimum Gasteiger partial charge on any atom is -0.616 e. The molecule has 1 saturated heterocycles. The SMILES string of the molecule is O=S(=O)(c1ccccc1)c1ccc(Nc2ncnc3cc(OCCN4CC[S+]([O-])CC4)ccc23)cc1. The summed E-state index contributed by atoms with van der Waals surface area (Å²) in [7, 11) is -3.57. The summed E-state index contributed by atoms with van der Waals surface area (Å²) >= 11 is -0.678. The average molecular weight is 523 g/mol. The minimum absolute atomic E-state index is 0.228. The number of anilines is 2. The molecular weight excluding hydrogens is 496 g/mol. The van der Waals surface area contributed by atoms with Crippen LogP contribution in [0.4, 0.5) is 11.5 Å². The van der Waals surface area contributed by atoms with Crippen LogP contribution in [0.1, 0.15) is 0 Å². The summed E-state index contributed by atoms with van der Waals surface area (Å²) in [5.41, 5.74) is 1.45. The zero-order chi connectivity index (χ0) is 25.0. The maximum Gasteiger partial charge on any atom is 0.206 e. The van der Waals surface area contributed by atoms with E-state index < -0.39 is 21.0 Å². The zero-order valence-electron chi connectivity index (χ0n) is 19.5. The van der Waals surface area contributed by atoms with Crippen LogP contribution in [0.5, 0.6) is 5.75 Å². The fourth-order valence-electron chi connectivity index (χ4n) is 4.01. The van der Waals surface area contributed by atoms with Gasteiger partial charge in [0.15, 0.2) is 0 Å². The number of hydrogen-bond donors (Lipinski definition) is 1. The van der Waals surface area contributed by atoms with Gasteiger partial charge < -0.3 is 14.6 Å². The second-order valence-electron chi connectivity index (χ2n) is 8.41. The molecular formula is C26H26N4O4S2. The van der Waals surface area contributed by atoms with Gasteiger partial charge in [-0.2, -0.15) is 0 Å². The summed E-state index contributed by atoms with van der Waals surface area (Å²) < 4.78 is 43.1. The highest BCUT2D eigenvalue weighted by Gasteiger charge is 2.19. The van der Waals surface area contributed by atoms with Gasteiger partial charge in [0, 0.05) is 36.8 Å². The van der Waals surface area contributed by atoms with Gasteiger partial charge in [-0.3, -0.25) is 4.90 Å². The Morgan fingerprint density at radius 3 is 2.42 bits per heavy atom. The molecule has 186 valence electrons. The molecule has 10 heteroatoms. The average Bonchev–Trinajstić information content (AvgIpc) is 2.91. The van der Waals surface area contributed by atoms with Crippen LogP contribution in [0.15, 0.2) is 88.9 Å². The van der Waals surface area contributed by atoms with E-state index in [9.17, 15) is 13.0 Å². The molecule has 0 amide bonds. The Kier molecular flexibility index (Phi) is 7.38. The van der Waals surface area contributed by atoms with Crippen LogP contribution in [-0.4, -0.2) is 65.6 Å². The summed E-state index contributed by atoms with van der Waals surface area (Å²) in [5.74, 6) is 2.80. The molecule has 1 N–H and O–H groups in total.